The van der Waals surface area contributed by atoms with Crippen LogP contribution in [0.1, 0.15) is 15.9 Å². The first-order valence-corrected chi connectivity index (χ1v) is 7.95. The third-order valence-corrected chi connectivity index (χ3v) is 4.89. The van der Waals surface area contributed by atoms with Gasteiger partial charge in [-0.3, -0.25) is 4.79 Å². The maximum absolute atomic E-state index is 12.4. The average Bonchev–Trinajstić information content (AvgIpc) is 2.45. The summed E-state index contributed by atoms with van der Waals surface area (Å²) in [6, 6.07) is 10.4. The fourth-order valence-electron chi connectivity index (χ4n) is 1.83. The van der Waals surface area contributed by atoms with E-state index in [0.717, 1.165) is 10.0 Å². The van der Waals surface area contributed by atoms with Crippen molar-refractivity contribution in [1.29, 1.82) is 0 Å². The molecule has 0 heterocycles. The lowest BCUT2D eigenvalue weighted by Gasteiger charge is -2.18. The molecule has 2 aromatic carbocycles. The van der Waals surface area contributed by atoms with Gasteiger partial charge in [-0.15, -0.1) is 0 Å². The summed E-state index contributed by atoms with van der Waals surface area (Å²) in [5.41, 5.74) is 1.44. The Morgan fingerprint density at radius 3 is 2.38 bits per heavy atom. The van der Waals surface area contributed by atoms with Crippen LogP contribution >= 0.6 is 50.7 Å². The Labute approximate surface area is 146 Å². The Kier molecular flexibility index (Phi) is 5.55. The van der Waals surface area contributed by atoms with E-state index in [2.05, 4.69) is 15.9 Å². The number of nitrogens with zero attached hydrogens (tertiary/aromatic N) is 1. The second-order valence-electron chi connectivity index (χ2n) is 4.54. The van der Waals surface area contributed by atoms with Crippen molar-refractivity contribution in [2.75, 3.05) is 7.05 Å². The first kappa shape index (κ1) is 16.6. The lowest BCUT2D eigenvalue weighted by atomic mass is 10.1. The number of halogens is 4. The van der Waals surface area contributed by atoms with Crippen molar-refractivity contribution in [2.24, 2.45) is 0 Å². The molecule has 0 saturated carbocycles. The smallest absolute Gasteiger partial charge is 0.253 e. The largest absolute Gasteiger partial charge is 0.337 e. The van der Waals surface area contributed by atoms with Crippen LogP contribution in [0.5, 0.6) is 0 Å². The van der Waals surface area contributed by atoms with Crippen LogP contribution in [0.15, 0.2) is 40.9 Å². The number of rotatable bonds is 3. The van der Waals surface area contributed by atoms with E-state index in [4.69, 9.17) is 34.8 Å². The summed E-state index contributed by atoms with van der Waals surface area (Å²) in [7, 11) is 1.72. The van der Waals surface area contributed by atoms with Crippen molar-refractivity contribution >= 4 is 56.6 Å². The molecule has 0 aliphatic carbocycles. The summed E-state index contributed by atoms with van der Waals surface area (Å²) in [6.45, 7) is 0.434. The summed E-state index contributed by atoms with van der Waals surface area (Å²) in [5.74, 6) is -0.115. The maximum atomic E-state index is 12.4. The van der Waals surface area contributed by atoms with Crippen LogP contribution in [0, 0.1) is 0 Å². The molecule has 110 valence electrons. The number of carbonyl (C=O) groups is 1. The fourth-order valence-corrected chi connectivity index (χ4v) is 2.58. The van der Waals surface area contributed by atoms with E-state index >= 15 is 0 Å². The van der Waals surface area contributed by atoms with Crippen LogP contribution in [0.2, 0.25) is 15.1 Å². The van der Waals surface area contributed by atoms with Gasteiger partial charge in [0.15, 0.2) is 0 Å². The van der Waals surface area contributed by atoms with Gasteiger partial charge in [-0.2, -0.15) is 0 Å². The molecule has 0 saturated heterocycles. The van der Waals surface area contributed by atoms with Gasteiger partial charge in [0.25, 0.3) is 5.91 Å². The topological polar surface area (TPSA) is 20.3 Å². The number of hydrogen-bond donors (Lipinski definition) is 0. The van der Waals surface area contributed by atoms with Crippen molar-refractivity contribution < 1.29 is 4.79 Å². The van der Waals surface area contributed by atoms with Crippen LogP contribution in [0.3, 0.4) is 0 Å². The predicted octanol–water partition coefficient (Wildman–Crippen LogP) is 5.68. The Bertz CT molecular complexity index is 691. The molecule has 1 amide bonds. The molecule has 0 atom stereocenters. The predicted molar refractivity (Wildman–Crippen MR) is 91.4 cm³/mol. The molecule has 0 N–H and O–H groups in total. The molecule has 0 aromatic heterocycles. The molecular formula is C15H11BrCl3NO. The fraction of sp³-hybridized carbons (Fsp3) is 0.133. The lowest BCUT2D eigenvalue weighted by molar-refractivity contribution is 0.0785. The summed E-state index contributed by atoms with van der Waals surface area (Å²) in [5, 5.41) is 1.47. The van der Waals surface area contributed by atoms with Crippen LogP contribution in [-0.4, -0.2) is 17.9 Å². The van der Waals surface area contributed by atoms with Crippen LogP contribution in [-0.2, 0) is 6.54 Å². The minimum atomic E-state index is -0.115. The number of hydrogen-bond acceptors (Lipinski definition) is 1. The zero-order valence-corrected chi connectivity index (χ0v) is 14.9. The molecule has 0 spiro atoms. The molecule has 21 heavy (non-hydrogen) atoms. The molecule has 0 radical (unpaired) electrons. The van der Waals surface area contributed by atoms with Crippen molar-refractivity contribution in [3.05, 3.63) is 67.1 Å². The van der Waals surface area contributed by atoms with E-state index in [0.29, 0.717) is 27.2 Å². The second kappa shape index (κ2) is 7.01. The second-order valence-corrected chi connectivity index (χ2v) is 6.61. The molecule has 0 bridgehead atoms. The van der Waals surface area contributed by atoms with Crippen molar-refractivity contribution in [3.63, 3.8) is 0 Å². The Morgan fingerprint density at radius 2 is 1.76 bits per heavy atom. The molecule has 0 fully saturated rings. The number of benzene rings is 2. The molecule has 2 aromatic rings. The Morgan fingerprint density at radius 1 is 1.05 bits per heavy atom. The van der Waals surface area contributed by atoms with E-state index in [-0.39, 0.29) is 5.91 Å². The molecule has 0 aliphatic rings. The minimum Gasteiger partial charge on any atom is -0.337 e. The van der Waals surface area contributed by atoms with Crippen molar-refractivity contribution in [3.8, 4) is 0 Å². The zero-order chi connectivity index (χ0) is 15.6. The quantitative estimate of drug-likeness (QED) is 0.641. The van der Waals surface area contributed by atoms with Gasteiger partial charge >= 0.3 is 0 Å². The summed E-state index contributed by atoms with van der Waals surface area (Å²) >= 11 is 21.2. The van der Waals surface area contributed by atoms with Gasteiger partial charge in [-0.05, 0) is 51.8 Å². The maximum Gasteiger partial charge on any atom is 0.253 e. The first-order valence-electron chi connectivity index (χ1n) is 6.03. The van der Waals surface area contributed by atoms with E-state index in [1.54, 1.807) is 42.3 Å². The number of amides is 1. The Hall–Kier alpha value is -0.740. The average molecular weight is 408 g/mol. The SMILES string of the molecule is CN(Cc1ccc(Cl)c(Cl)c1)C(=O)c1ccc(Br)c(Cl)c1. The molecule has 6 heteroatoms. The number of carbonyl (C=O) groups excluding carboxylic acids is 1. The zero-order valence-electron chi connectivity index (χ0n) is 11.0. The van der Waals surface area contributed by atoms with Crippen LogP contribution < -0.4 is 0 Å². The molecular weight excluding hydrogens is 396 g/mol. The lowest BCUT2D eigenvalue weighted by Crippen LogP contribution is -2.26. The first-order chi connectivity index (χ1) is 9.88. The summed E-state index contributed by atoms with van der Waals surface area (Å²) in [4.78, 5) is 14.0. The minimum absolute atomic E-state index is 0.115. The van der Waals surface area contributed by atoms with Gasteiger partial charge in [0.05, 0.1) is 15.1 Å². The summed E-state index contributed by atoms with van der Waals surface area (Å²) in [6.07, 6.45) is 0. The monoisotopic (exact) mass is 405 g/mol. The van der Waals surface area contributed by atoms with Gasteiger partial charge in [-0.1, -0.05) is 40.9 Å². The highest BCUT2D eigenvalue weighted by atomic mass is 79.9. The van der Waals surface area contributed by atoms with Gasteiger partial charge in [0.1, 0.15) is 0 Å². The molecule has 2 nitrogen and oxygen atoms in total. The van der Waals surface area contributed by atoms with Gasteiger partial charge in [0, 0.05) is 23.6 Å². The van der Waals surface area contributed by atoms with Crippen molar-refractivity contribution in [1.82, 2.24) is 4.90 Å². The molecule has 0 aliphatic heterocycles. The molecule has 2 rings (SSSR count). The highest BCUT2D eigenvalue weighted by Gasteiger charge is 2.14. The standard InChI is InChI=1S/C15H11BrCl3NO/c1-20(8-9-2-5-12(17)14(19)6-9)15(21)10-3-4-11(16)13(18)7-10/h2-7H,8H2,1H3. The van der Waals surface area contributed by atoms with Gasteiger partial charge in [0.2, 0.25) is 0 Å². The van der Waals surface area contributed by atoms with Gasteiger partial charge < -0.3 is 4.90 Å². The van der Waals surface area contributed by atoms with E-state index in [9.17, 15) is 4.79 Å². The highest BCUT2D eigenvalue weighted by molar-refractivity contribution is 9.10. The third kappa shape index (κ3) is 4.13. The summed E-state index contributed by atoms with van der Waals surface area (Å²) < 4.78 is 0.757. The highest BCUT2D eigenvalue weighted by Crippen LogP contribution is 2.25. The van der Waals surface area contributed by atoms with E-state index in [1.807, 2.05) is 6.07 Å². The van der Waals surface area contributed by atoms with E-state index < -0.39 is 0 Å². The normalized spacial score (nSPS) is 10.5. The molecule has 0 unspecified atom stereocenters. The third-order valence-electron chi connectivity index (χ3n) is 2.92. The van der Waals surface area contributed by atoms with Crippen molar-refractivity contribution in [2.45, 2.75) is 6.54 Å². The van der Waals surface area contributed by atoms with Gasteiger partial charge in [-0.25, -0.2) is 0 Å². The van der Waals surface area contributed by atoms with Crippen LogP contribution in [0.4, 0.5) is 0 Å². The van der Waals surface area contributed by atoms with Crippen LogP contribution in [0.25, 0.3) is 0 Å². The van der Waals surface area contributed by atoms with E-state index in [1.165, 1.54) is 0 Å². The Balaban J connectivity index is 2.15.